The molecule has 4 nitrogen and oxygen atoms in total. The second-order valence-electron chi connectivity index (χ2n) is 10.4. The highest BCUT2D eigenvalue weighted by molar-refractivity contribution is 5.94. The van der Waals surface area contributed by atoms with Crippen molar-refractivity contribution >= 4 is 5.91 Å². The predicted molar refractivity (Wildman–Crippen MR) is 134 cm³/mol. The number of phenolic OH excluding ortho intramolecular Hbond substituents is 1. The summed E-state index contributed by atoms with van der Waals surface area (Å²) >= 11 is 0. The lowest BCUT2D eigenvalue weighted by atomic mass is 9.57. The highest BCUT2D eigenvalue weighted by Gasteiger charge is 2.49. The smallest absolute Gasteiger partial charge is 0.254 e. The summed E-state index contributed by atoms with van der Waals surface area (Å²) in [7, 11) is 0. The number of fused-ring (bicyclic) bond motifs is 1. The lowest BCUT2D eigenvalue weighted by molar-refractivity contribution is 0.0138. The maximum Gasteiger partial charge on any atom is 0.254 e. The molecule has 0 radical (unpaired) electrons. The molecule has 2 aliphatic rings. The number of rotatable bonds is 7. The van der Waals surface area contributed by atoms with Crippen LogP contribution < -0.4 is 0 Å². The van der Waals surface area contributed by atoms with Gasteiger partial charge in [0.25, 0.3) is 5.91 Å². The van der Waals surface area contributed by atoms with E-state index >= 15 is 0 Å². The normalized spacial score (nSPS) is 25.4. The first-order valence-electron chi connectivity index (χ1n) is 12.4. The van der Waals surface area contributed by atoms with Crippen LogP contribution >= 0.6 is 0 Å². The van der Waals surface area contributed by atoms with Crippen molar-refractivity contribution < 1.29 is 9.90 Å². The number of nitrogens with zero attached hydrogens (tertiary/aromatic N) is 2. The summed E-state index contributed by atoms with van der Waals surface area (Å²) in [5.41, 5.74) is 1.98. The van der Waals surface area contributed by atoms with Gasteiger partial charge in [-0.2, -0.15) is 0 Å². The Morgan fingerprint density at radius 1 is 1.21 bits per heavy atom. The zero-order valence-electron chi connectivity index (χ0n) is 20.1. The quantitative estimate of drug-likeness (QED) is 0.572. The van der Waals surface area contributed by atoms with Gasteiger partial charge in [0.1, 0.15) is 5.75 Å². The van der Waals surface area contributed by atoms with Crippen molar-refractivity contribution in [3.8, 4) is 5.75 Å². The Balaban J connectivity index is 1.68. The molecule has 0 spiro atoms. The van der Waals surface area contributed by atoms with Crippen LogP contribution in [0.3, 0.4) is 0 Å². The molecule has 176 valence electrons. The van der Waals surface area contributed by atoms with Gasteiger partial charge >= 0.3 is 0 Å². The summed E-state index contributed by atoms with van der Waals surface area (Å²) < 4.78 is 0. The van der Waals surface area contributed by atoms with Crippen LogP contribution in [0.15, 0.2) is 67.3 Å². The molecule has 2 aromatic carbocycles. The number of hydrogen-bond donors (Lipinski definition) is 1. The molecule has 2 fully saturated rings. The number of amides is 1. The van der Waals surface area contributed by atoms with Crippen molar-refractivity contribution in [3.63, 3.8) is 0 Å². The number of phenols is 1. The Kier molecular flexibility index (Phi) is 7.23. The number of aromatic hydroxyl groups is 1. The van der Waals surface area contributed by atoms with Crippen LogP contribution in [0.1, 0.15) is 55.5 Å². The van der Waals surface area contributed by atoms with Crippen LogP contribution in [0.25, 0.3) is 0 Å². The summed E-state index contributed by atoms with van der Waals surface area (Å²) in [4.78, 5) is 18.3. The molecule has 1 amide bonds. The van der Waals surface area contributed by atoms with Gasteiger partial charge in [-0.05, 0) is 73.9 Å². The van der Waals surface area contributed by atoms with E-state index in [-0.39, 0.29) is 17.4 Å². The third kappa shape index (κ3) is 5.01. The summed E-state index contributed by atoms with van der Waals surface area (Å²) in [5, 5.41) is 10.3. The second-order valence-corrected chi connectivity index (χ2v) is 10.4. The second kappa shape index (κ2) is 10.1. The maximum absolute atomic E-state index is 13.6. The lowest BCUT2D eigenvalue weighted by Crippen LogP contribution is -2.57. The highest BCUT2D eigenvalue weighted by Crippen LogP contribution is 2.50. The van der Waals surface area contributed by atoms with Crippen molar-refractivity contribution in [2.75, 3.05) is 26.2 Å². The molecule has 3 atom stereocenters. The van der Waals surface area contributed by atoms with Gasteiger partial charge in [0, 0.05) is 36.7 Å². The summed E-state index contributed by atoms with van der Waals surface area (Å²) in [6, 6.07) is 17.8. The minimum atomic E-state index is -0.0223. The Labute approximate surface area is 198 Å². The molecular formula is C29H38N2O2. The van der Waals surface area contributed by atoms with Crippen LogP contribution in [-0.4, -0.2) is 53.0 Å². The van der Waals surface area contributed by atoms with Gasteiger partial charge in [-0.1, -0.05) is 50.3 Å². The molecule has 1 aliphatic carbocycles. The van der Waals surface area contributed by atoms with Crippen molar-refractivity contribution in [1.29, 1.82) is 0 Å². The minimum Gasteiger partial charge on any atom is -0.508 e. The minimum absolute atomic E-state index is 0.0223. The largest absolute Gasteiger partial charge is 0.508 e. The van der Waals surface area contributed by atoms with Gasteiger partial charge in [0.2, 0.25) is 0 Å². The SMILES string of the molecule is C=CCN1CCC2(c3cccc(O)c3)C[C@H](N(CC(C)C)C(=O)c3ccccc3)CCC2C1. The number of benzene rings is 2. The van der Waals surface area contributed by atoms with Crippen molar-refractivity contribution in [2.45, 2.75) is 51.0 Å². The van der Waals surface area contributed by atoms with E-state index in [1.807, 2.05) is 48.5 Å². The van der Waals surface area contributed by atoms with Crippen LogP contribution in [0, 0.1) is 11.8 Å². The van der Waals surface area contributed by atoms with E-state index in [0.29, 0.717) is 17.6 Å². The molecule has 2 unspecified atom stereocenters. The number of carbonyl (C=O) groups is 1. The Morgan fingerprint density at radius 2 is 2.00 bits per heavy atom. The monoisotopic (exact) mass is 446 g/mol. The third-order valence-electron chi connectivity index (χ3n) is 7.68. The van der Waals surface area contributed by atoms with Crippen LogP contribution in [0.4, 0.5) is 0 Å². The molecule has 1 saturated heterocycles. The molecule has 4 heteroatoms. The van der Waals surface area contributed by atoms with E-state index in [0.717, 1.165) is 57.4 Å². The van der Waals surface area contributed by atoms with E-state index < -0.39 is 0 Å². The first-order valence-corrected chi connectivity index (χ1v) is 12.4. The molecule has 1 N–H and O–H groups in total. The number of carbonyl (C=O) groups excluding carboxylic acids is 1. The first-order chi connectivity index (χ1) is 15.9. The van der Waals surface area contributed by atoms with Gasteiger partial charge in [0.15, 0.2) is 0 Å². The van der Waals surface area contributed by atoms with Gasteiger partial charge < -0.3 is 10.0 Å². The zero-order chi connectivity index (χ0) is 23.4. The Bertz CT molecular complexity index is 957. The predicted octanol–water partition coefficient (Wildman–Crippen LogP) is 5.49. The highest BCUT2D eigenvalue weighted by atomic mass is 16.3. The number of likely N-dealkylation sites (tertiary alicyclic amines) is 1. The van der Waals surface area contributed by atoms with Crippen molar-refractivity contribution in [1.82, 2.24) is 9.80 Å². The van der Waals surface area contributed by atoms with Gasteiger partial charge in [-0.15, -0.1) is 6.58 Å². The molecule has 4 rings (SSSR count). The molecule has 1 aliphatic heterocycles. The van der Waals surface area contributed by atoms with E-state index in [9.17, 15) is 9.90 Å². The van der Waals surface area contributed by atoms with Gasteiger partial charge in [0.05, 0.1) is 0 Å². The topological polar surface area (TPSA) is 43.8 Å². The Hall–Kier alpha value is -2.59. The number of hydrogen-bond acceptors (Lipinski definition) is 3. The van der Waals surface area contributed by atoms with Crippen LogP contribution in [-0.2, 0) is 5.41 Å². The number of piperidine rings is 1. The molecular weight excluding hydrogens is 408 g/mol. The van der Waals surface area contributed by atoms with Crippen LogP contribution in [0.5, 0.6) is 5.75 Å². The molecule has 1 heterocycles. The van der Waals surface area contributed by atoms with Crippen molar-refractivity contribution in [3.05, 3.63) is 78.4 Å². The maximum atomic E-state index is 13.6. The summed E-state index contributed by atoms with van der Waals surface area (Å²) in [6.07, 6.45) is 6.10. The zero-order valence-corrected chi connectivity index (χ0v) is 20.1. The summed E-state index contributed by atoms with van der Waals surface area (Å²) in [5.74, 6) is 1.39. The first kappa shape index (κ1) is 23.6. The Morgan fingerprint density at radius 3 is 2.70 bits per heavy atom. The molecule has 2 aromatic rings. The molecule has 0 bridgehead atoms. The van der Waals surface area contributed by atoms with Crippen molar-refractivity contribution in [2.24, 2.45) is 11.8 Å². The fourth-order valence-electron chi connectivity index (χ4n) is 6.16. The molecule has 33 heavy (non-hydrogen) atoms. The molecule has 1 saturated carbocycles. The fraction of sp³-hybridized carbons (Fsp3) is 0.483. The third-order valence-corrected chi connectivity index (χ3v) is 7.68. The summed E-state index contributed by atoms with van der Waals surface area (Å²) in [6.45, 7) is 12.1. The average molecular weight is 447 g/mol. The average Bonchev–Trinajstić information content (AvgIpc) is 2.82. The van der Waals surface area contributed by atoms with Crippen LogP contribution in [0.2, 0.25) is 0 Å². The fourth-order valence-corrected chi connectivity index (χ4v) is 6.16. The lowest BCUT2D eigenvalue weighted by Gasteiger charge is -2.54. The van der Waals surface area contributed by atoms with E-state index in [1.165, 1.54) is 5.56 Å². The van der Waals surface area contributed by atoms with Gasteiger partial charge in [-0.3, -0.25) is 9.69 Å². The van der Waals surface area contributed by atoms with E-state index in [4.69, 9.17) is 0 Å². The van der Waals surface area contributed by atoms with E-state index in [1.54, 1.807) is 6.07 Å². The molecule has 0 aromatic heterocycles. The standard InChI is InChI=1S/C29H38N2O2/c1-4-16-30-17-15-29(24-11-8-12-27(32)18-24)19-26(14-13-25(29)21-30)31(20-22(2)3)28(33)23-9-6-5-7-10-23/h4-12,18,22,25-26,32H,1,13-17,19-21H2,2-3H3/t25?,26-,29?/m1/s1. The van der Waals surface area contributed by atoms with E-state index in [2.05, 4.69) is 36.3 Å². The van der Waals surface area contributed by atoms with Gasteiger partial charge in [-0.25, -0.2) is 0 Å².